The van der Waals surface area contributed by atoms with Crippen LogP contribution >= 0.6 is 0 Å². The number of rotatable bonds is 3. The molecule has 3 fully saturated rings. The number of nitrogen functional groups attached to an aromatic ring is 1. The lowest BCUT2D eigenvalue weighted by Gasteiger charge is -2.53. The fourth-order valence-electron chi connectivity index (χ4n) is 3.15. The van der Waals surface area contributed by atoms with Gasteiger partial charge in [0.05, 0.1) is 11.8 Å². The van der Waals surface area contributed by atoms with Crippen LogP contribution in [0.2, 0.25) is 0 Å². The molecule has 3 aliphatic rings. The summed E-state index contributed by atoms with van der Waals surface area (Å²) in [5, 5.41) is 0. The number of hydrogen-bond donors (Lipinski definition) is 1. The Morgan fingerprint density at radius 2 is 2.24 bits per heavy atom. The van der Waals surface area contributed by atoms with E-state index in [1.54, 1.807) is 0 Å². The minimum atomic E-state index is 0.473. The van der Waals surface area contributed by atoms with Gasteiger partial charge in [-0.05, 0) is 25.5 Å². The van der Waals surface area contributed by atoms with Gasteiger partial charge in [-0.25, -0.2) is 4.98 Å². The van der Waals surface area contributed by atoms with Crippen molar-refractivity contribution >= 4 is 11.5 Å². The number of piperidine rings is 2. The van der Waals surface area contributed by atoms with Gasteiger partial charge in [0, 0.05) is 37.7 Å². The molecule has 2 N–H and O–H groups in total. The molecule has 0 amide bonds. The van der Waals surface area contributed by atoms with Gasteiger partial charge in [-0.2, -0.15) is 0 Å². The van der Waals surface area contributed by atoms with Crippen LogP contribution in [0, 0.1) is 11.8 Å². The zero-order chi connectivity index (χ0) is 11.8. The summed E-state index contributed by atoms with van der Waals surface area (Å²) in [4.78, 5) is 6.70. The standard InChI is InChI=1S/C13H19N3O/c1-2-17-12-9-6-10(12)8-16(7-9)13-11(14)4-3-5-15-13/h3-5,9-10,12H,2,6-8,14H2,1H3/t9-,10-/m0/s1. The van der Waals surface area contributed by atoms with Gasteiger partial charge >= 0.3 is 0 Å². The molecule has 0 radical (unpaired) electrons. The first-order valence-corrected chi connectivity index (χ1v) is 6.36. The molecule has 1 aliphatic carbocycles. The van der Waals surface area contributed by atoms with Crippen molar-refractivity contribution in [1.29, 1.82) is 0 Å². The van der Waals surface area contributed by atoms with Crippen molar-refractivity contribution in [2.24, 2.45) is 11.8 Å². The van der Waals surface area contributed by atoms with Crippen LogP contribution in [0.3, 0.4) is 0 Å². The van der Waals surface area contributed by atoms with Gasteiger partial charge in [0.25, 0.3) is 0 Å². The molecule has 2 aliphatic heterocycles. The van der Waals surface area contributed by atoms with E-state index in [2.05, 4.69) is 16.8 Å². The predicted molar refractivity (Wildman–Crippen MR) is 67.9 cm³/mol. The van der Waals surface area contributed by atoms with Gasteiger partial charge in [0.15, 0.2) is 5.82 Å². The van der Waals surface area contributed by atoms with E-state index >= 15 is 0 Å². The Balaban J connectivity index is 1.72. The summed E-state index contributed by atoms with van der Waals surface area (Å²) in [5.41, 5.74) is 6.75. The van der Waals surface area contributed by atoms with Crippen molar-refractivity contribution in [2.45, 2.75) is 19.4 Å². The molecule has 4 nitrogen and oxygen atoms in total. The van der Waals surface area contributed by atoms with Gasteiger partial charge in [0.1, 0.15) is 0 Å². The van der Waals surface area contributed by atoms with E-state index in [4.69, 9.17) is 10.5 Å². The zero-order valence-corrected chi connectivity index (χ0v) is 10.2. The third-order valence-corrected chi connectivity index (χ3v) is 3.92. The number of fused-ring (bicyclic) bond motifs is 2. The Hall–Kier alpha value is -1.29. The maximum absolute atomic E-state index is 5.97. The molecule has 3 heterocycles. The zero-order valence-electron chi connectivity index (χ0n) is 10.2. The van der Waals surface area contributed by atoms with Gasteiger partial charge < -0.3 is 15.4 Å². The Morgan fingerprint density at radius 1 is 1.47 bits per heavy atom. The Labute approximate surface area is 102 Å². The van der Waals surface area contributed by atoms with Crippen LogP contribution in [0.15, 0.2) is 18.3 Å². The number of ether oxygens (including phenoxy) is 1. The monoisotopic (exact) mass is 233 g/mol. The van der Waals surface area contributed by atoms with E-state index in [0.29, 0.717) is 17.9 Å². The summed E-state index contributed by atoms with van der Waals surface area (Å²) < 4.78 is 5.78. The average molecular weight is 233 g/mol. The van der Waals surface area contributed by atoms with Crippen molar-refractivity contribution in [3.63, 3.8) is 0 Å². The highest BCUT2D eigenvalue weighted by Crippen LogP contribution is 2.43. The smallest absolute Gasteiger partial charge is 0.151 e. The molecule has 4 heteroatoms. The van der Waals surface area contributed by atoms with E-state index in [1.165, 1.54) is 6.42 Å². The van der Waals surface area contributed by atoms with E-state index in [-0.39, 0.29) is 0 Å². The van der Waals surface area contributed by atoms with Crippen molar-refractivity contribution in [1.82, 2.24) is 4.98 Å². The molecule has 1 aromatic rings. The fraction of sp³-hybridized carbons (Fsp3) is 0.615. The third kappa shape index (κ3) is 1.76. The molecule has 1 aromatic heterocycles. The van der Waals surface area contributed by atoms with Gasteiger partial charge in [-0.3, -0.25) is 0 Å². The lowest BCUT2D eigenvalue weighted by atomic mass is 9.68. The second kappa shape index (κ2) is 4.18. The molecule has 2 bridgehead atoms. The molecule has 0 spiro atoms. The molecule has 17 heavy (non-hydrogen) atoms. The highest BCUT2D eigenvalue weighted by atomic mass is 16.5. The van der Waals surface area contributed by atoms with Crippen molar-refractivity contribution in [3.8, 4) is 0 Å². The van der Waals surface area contributed by atoms with Gasteiger partial charge in [0.2, 0.25) is 0 Å². The van der Waals surface area contributed by atoms with Gasteiger partial charge in [-0.15, -0.1) is 0 Å². The minimum absolute atomic E-state index is 0.473. The Morgan fingerprint density at radius 3 is 2.88 bits per heavy atom. The largest absolute Gasteiger partial charge is 0.396 e. The minimum Gasteiger partial charge on any atom is -0.396 e. The highest BCUT2D eigenvalue weighted by Gasteiger charge is 2.47. The van der Waals surface area contributed by atoms with E-state index in [9.17, 15) is 0 Å². The molecular formula is C13H19N3O. The summed E-state index contributed by atoms with van der Waals surface area (Å²) in [5.74, 6) is 2.27. The number of aromatic nitrogens is 1. The topological polar surface area (TPSA) is 51.4 Å². The summed E-state index contributed by atoms with van der Waals surface area (Å²) in [6.45, 7) is 4.96. The lowest BCUT2D eigenvalue weighted by Crippen LogP contribution is -2.59. The third-order valence-electron chi connectivity index (χ3n) is 3.92. The summed E-state index contributed by atoms with van der Waals surface area (Å²) in [6.07, 6.45) is 3.58. The quantitative estimate of drug-likeness (QED) is 0.860. The molecule has 0 unspecified atom stereocenters. The van der Waals surface area contributed by atoms with Crippen LogP contribution in [-0.4, -0.2) is 30.8 Å². The predicted octanol–water partition coefficient (Wildman–Crippen LogP) is 1.53. The second-order valence-electron chi connectivity index (χ2n) is 5.00. The van der Waals surface area contributed by atoms with Crippen molar-refractivity contribution < 1.29 is 4.74 Å². The summed E-state index contributed by atoms with van der Waals surface area (Å²) in [7, 11) is 0. The molecular weight excluding hydrogens is 214 g/mol. The van der Waals surface area contributed by atoms with Gasteiger partial charge in [-0.1, -0.05) is 0 Å². The molecule has 0 aromatic carbocycles. The average Bonchev–Trinajstić information content (AvgIpc) is 2.36. The van der Waals surface area contributed by atoms with Crippen LogP contribution in [0.4, 0.5) is 11.5 Å². The van der Waals surface area contributed by atoms with E-state index in [0.717, 1.165) is 31.2 Å². The normalized spacial score (nSPS) is 31.1. The van der Waals surface area contributed by atoms with Crippen LogP contribution < -0.4 is 10.6 Å². The Kier molecular flexibility index (Phi) is 2.67. The maximum Gasteiger partial charge on any atom is 0.151 e. The maximum atomic E-state index is 5.97. The fourth-order valence-corrected chi connectivity index (χ4v) is 3.15. The van der Waals surface area contributed by atoms with Crippen molar-refractivity contribution in [2.75, 3.05) is 30.3 Å². The highest BCUT2D eigenvalue weighted by molar-refractivity contribution is 5.62. The van der Waals surface area contributed by atoms with Crippen LogP contribution in [0.5, 0.6) is 0 Å². The lowest BCUT2D eigenvalue weighted by molar-refractivity contribution is -0.0996. The van der Waals surface area contributed by atoms with Crippen LogP contribution in [0.1, 0.15) is 13.3 Å². The molecule has 4 rings (SSSR count). The summed E-state index contributed by atoms with van der Waals surface area (Å²) >= 11 is 0. The number of nitrogens with zero attached hydrogens (tertiary/aromatic N) is 2. The molecule has 2 saturated heterocycles. The second-order valence-corrected chi connectivity index (χ2v) is 5.00. The summed E-state index contributed by atoms with van der Waals surface area (Å²) in [6, 6.07) is 3.80. The number of nitrogens with two attached hydrogens (primary N) is 1. The van der Waals surface area contributed by atoms with Crippen molar-refractivity contribution in [3.05, 3.63) is 18.3 Å². The number of hydrogen-bond acceptors (Lipinski definition) is 4. The molecule has 2 atom stereocenters. The Bertz CT molecular complexity index is 397. The first kappa shape index (κ1) is 10.8. The molecule has 1 saturated carbocycles. The molecule has 92 valence electrons. The number of anilines is 2. The first-order chi connectivity index (χ1) is 8.29. The van der Waals surface area contributed by atoms with E-state index in [1.807, 2.05) is 18.3 Å². The van der Waals surface area contributed by atoms with E-state index < -0.39 is 0 Å². The van der Waals surface area contributed by atoms with Crippen LogP contribution in [0.25, 0.3) is 0 Å². The SMILES string of the molecule is CCOC1[C@H]2C[C@H]1CN(c1ncccc1N)C2. The first-order valence-electron chi connectivity index (χ1n) is 6.36. The number of pyridine rings is 1. The van der Waals surface area contributed by atoms with Crippen LogP contribution in [-0.2, 0) is 4.74 Å².